The molecule has 126 valence electrons. The molecular formula is C19H22N2O3. The largest absolute Gasteiger partial charge is 0.497 e. The lowest BCUT2D eigenvalue weighted by molar-refractivity contribution is -0.120. The van der Waals surface area contributed by atoms with E-state index < -0.39 is 0 Å². The second-order valence-corrected chi connectivity index (χ2v) is 5.61. The van der Waals surface area contributed by atoms with Gasteiger partial charge in [0.25, 0.3) is 5.91 Å². The van der Waals surface area contributed by atoms with Crippen molar-refractivity contribution in [1.29, 1.82) is 0 Å². The Kier molecular flexibility index (Phi) is 5.95. The van der Waals surface area contributed by atoms with Crippen molar-refractivity contribution in [3.8, 4) is 5.75 Å². The third kappa shape index (κ3) is 4.84. The molecule has 2 N–H and O–H groups in total. The first kappa shape index (κ1) is 17.5. The van der Waals surface area contributed by atoms with E-state index in [1.165, 1.54) is 0 Å². The molecule has 0 bridgehead atoms. The van der Waals surface area contributed by atoms with E-state index in [-0.39, 0.29) is 18.4 Å². The highest BCUT2D eigenvalue weighted by Crippen LogP contribution is 2.12. The molecule has 0 saturated carbocycles. The zero-order valence-corrected chi connectivity index (χ0v) is 14.2. The van der Waals surface area contributed by atoms with Crippen molar-refractivity contribution in [3.63, 3.8) is 0 Å². The van der Waals surface area contributed by atoms with E-state index in [0.717, 1.165) is 22.4 Å². The number of benzene rings is 2. The molecule has 0 heterocycles. The van der Waals surface area contributed by atoms with Crippen LogP contribution in [0.25, 0.3) is 0 Å². The molecule has 2 aromatic carbocycles. The van der Waals surface area contributed by atoms with Gasteiger partial charge in [-0.15, -0.1) is 0 Å². The van der Waals surface area contributed by atoms with Gasteiger partial charge in [0, 0.05) is 12.1 Å². The summed E-state index contributed by atoms with van der Waals surface area (Å²) in [6.07, 6.45) is 0. The summed E-state index contributed by atoms with van der Waals surface area (Å²) in [4.78, 5) is 23.9. The van der Waals surface area contributed by atoms with Crippen LogP contribution < -0.4 is 15.4 Å². The molecule has 0 aliphatic heterocycles. The van der Waals surface area contributed by atoms with Crippen LogP contribution in [0.2, 0.25) is 0 Å². The summed E-state index contributed by atoms with van der Waals surface area (Å²) in [5.74, 6) is 0.245. The molecule has 0 aliphatic rings. The predicted molar refractivity (Wildman–Crippen MR) is 93.1 cm³/mol. The van der Waals surface area contributed by atoms with Crippen molar-refractivity contribution >= 4 is 11.8 Å². The van der Waals surface area contributed by atoms with Crippen molar-refractivity contribution in [2.45, 2.75) is 20.4 Å². The van der Waals surface area contributed by atoms with Gasteiger partial charge in [0.1, 0.15) is 5.75 Å². The van der Waals surface area contributed by atoms with Gasteiger partial charge in [0.05, 0.1) is 13.7 Å². The highest BCUT2D eigenvalue weighted by Gasteiger charge is 2.09. The first-order valence-electron chi connectivity index (χ1n) is 7.74. The summed E-state index contributed by atoms with van der Waals surface area (Å²) >= 11 is 0. The Bertz CT molecular complexity index is 741. The van der Waals surface area contributed by atoms with E-state index in [1.807, 2.05) is 50.2 Å². The number of amides is 2. The van der Waals surface area contributed by atoms with E-state index >= 15 is 0 Å². The second-order valence-electron chi connectivity index (χ2n) is 5.61. The molecule has 24 heavy (non-hydrogen) atoms. The van der Waals surface area contributed by atoms with Crippen LogP contribution in [0.3, 0.4) is 0 Å². The first-order valence-corrected chi connectivity index (χ1v) is 7.74. The second kappa shape index (κ2) is 8.15. The molecule has 5 heteroatoms. The van der Waals surface area contributed by atoms with Crippen molar-refractivity contribution in [1.82, 2.24) is 10.6 Å². The van der Waals surface area contributed by atoms with Crippen molar-refractivity contribution < 1.29 is 14.3 Å². The van der Waals surface area contributed by atoms with Crippen LogP contribution in [0.4, 0.5) is 0 Å². The van der Waals surface area contributed by atoms with Gasteiger partial charge in [-0.25, -0.2) is 0 Å². The number of carbonyl (C=O) groups is 2. The molecule has 5 nitrogen and oxygen atoms in total. The molecule has 0 aromatic heterocycles. The summed E-state index contributed by atoms with van der Waals surface area (Å²) < 4.78 is 5.14. The number of rotatable bonds is 6. The van der Waals surface area contributed by atoms with Gasteiger partial charge in [-0.3, -0.25) is 9.59 Å². The van der Waals surface area contributed by atoms with Crippen LogP contribution in [0.1, 0.15) is 27.0 Å². The molecule has 2 rings (SSSR count). The molecule has 2 aromatic rings. The number of hydrogen-bond donors (Lipinski definition) is 2. The highest BCUT2D eigenvalue weighted by atomic mass is 16.5. The fraction of sp³-hybridized carbons (Fsp3) is 0.263. The van der Waals surface area contributed by atoms with Crippen LogP contribution in [0.15, 0.2) is 42.5 Å². The maximum atomic E-state index is 12.1. The smallest absolute Gasteiger partial charge is 0.251 e. The molecule has 0 aliphatic carbocycles. The first-order chi connectivity index (χ1) is 11.5. The SMILES string of the molecule is COc1cccc(CNC(=O)CNC(=O)c2ccc(C)c(C)c2)c1. The maximum Gasteiger partial charge on any atom is 0.251 e. The van der Waals surface area contributed by atoms with Gasteiger partial charge < -0.3 is 15.4 Å². The monoisotopic (exact) mass is 326 g/mol. The predicted octanol–water partition coefficient (Wildman–Crippen LogP) is 2.36. The van der Waals surface area contributed by atoms with E-state index in [2.05, 4.69) is 10.6 Å². The van der Waals surface area contributed by atoms with Gasteiger partial charge in [-0.2, -0.15) is 0 Å². The minimum absolute atomic E-state index is 0.0598. The molecule has 2 amide bonds. The highest BCUT2D eigenvalue weighted by molar-refractivity contribution is 5.96. The van der Waals surface area contributed by atoms with Gasteiger partial charge in [-0.05, 0) is 54.8 Å². The molecule has 0 saturated heterocycles. The molecule has 0 unspecified atom stereocenters. The van der Waals surface area contributed by atoms with Crippen LogP contribution in [-0.4, -0.2) is 25.5 Å². The molecule has 0 atom stereocenters. The van der Waals surface area contributed by atoms with E-state index in [1.54, 1.807) is 13.2 Å². The Morgan fingerprint density at radius 1 is 1.00 bits per heavy atom. The Hall–Kier alpha value is -2.82. The number of nitrogens with one attached hydrogen (secondary N) is 2. The summed E-state index contributed by atoms with van der Waals surface area (Å²) in [5.41, 5.74) is 3.66. The van der Waals surface area contributed by atoms with Crippen molar-refractivity contribution in [2.24, 2.45) is 0 Å². The quantitative estimate of drug-likeness (QED) is 0.856. The van der Waals surface area contributed by atoms with Crippen LogP contribution >= 0.6 is 0 Å². The fourth-order valence-electron chi connectivity index (χ4n) is 2.19. The lowest BCUT2D eigenvalue weighted by Gasteiger charge is -2.09. The van der Waals surface area contributed by atoms with Gasteiger partial charge in [0.2, 0.25) is 5.91 Å². The topological polar surface area (TPSA) is 67.4 Å². The summed E-state index contributed by atoms with van der Waals surface area (Å²) in [7, 11) is 1.60. The third-order valence-corrected chi connectivity index (χ3v) is 3.80. The summed E-state index contributed by atoms with van der Waals surface area (Å²) in [6.45, 7) is 4.27. The van der Waals surface area contributed by atoms with Crippen molar-refractivity contribution in [2.75, 3.05) is 13.7 Å². The van der Waals surface area contributed by atoms with Crippen molar-refractivity contribution in [3.05, 3.63) is 64.7 Å². The number of ether oxygens (including phenoxy) is 1. The van der Waals surface area contributed by atoms with Crippen LogP contribution in [0.5, 0.6) is 5.75 Å². The third-order valence-electron chi connectivity index (χ3n) is 3.80. The van der Waals surface area contributed by atoms with E-state index in [4.69, 9.17) is 4.74 Å². The number of hydrogen-bond acceptors (Lipinski definition) is 3. The average Bonchev–Trinajstić information content (AvgIpc) is 2.60. The number of methoxy groups -OCH3 is 1. The molecule has 0 spiro atoms. The minimum Gasteiger partial charge on any atom is -0.497 e. The Morgan fingerprint density at radius 3 is 2.50 bits per heavy atom. The van der Waals surface area contributed by atoms with Crippen LogP contribution in [-0.2, 0) is 11.3 Å². The van der Waals surface area contributed by atoms with Gasteiger partial charge >= 0.3 is 0 Å². The lowest BCUT2D eigenvalue weighted by Crippen LogP contribution is -2.36. The lowest BCUT2D eigenvalue weighted by atomic mass is 10.1. The van der Waals surface area contributed by atoms with Gasteiger partial charge in [-0.1, -0.05) is 18.2 Å². The Balaban J connectivity index is 1.82. The maximum absolute atomic E-state index is 12.1. The van der Waals surface area contributed by atoms with Crippen LogP contribution in [0, 0.1) is 13.8 Å². The average molecular weight is 326 g/mol. The Labute approximate surface area is 142 Å². The fourth-order valence-corrected chi connectivity index (χ4v) is 2.19. The zero-order valence-electron chi connectivity index (χ0n) is 14.2. The number of aryl methyl sites for hydroxylation is 2. The molecule has 0 radical (unpaired) electrons. The Morgan fingerprint density at radius 2 is 1.79 bits per heavy atom. The standard InChI is InChI=1S/C19H22N2O3/c1-13-7-8-16(9-14(13)2)19(23)21-12-18(22)20-11-15-5-4-6-17(10-15)24-3/h4-10H,11-12H2,1-3H3,(H,20,22)(H,21,23). The van der Waals surface area contributed by atoms with Gasteiger partial charge in [0.15, 0.2) is 0 Å². The molecular weight excluding hydrogens is 304 g/mol. The minimum atomic E-state index is -0.255. The zero-order chi connectivity index (χ0) is 17.5. The summed E-state index contributed by atoms with van der Waals surface area (Å²) in [6, 6.07) is 12.9. The summed E-state index contributed by atoms with van der Waals surface area (Å²) in [5, 5.41) is 5.40. The van der Waals surface area contributed by atoms with E-state index in [0.29, 0.717) is 12.1 Å². The molecule has 0 fully saturated rings. The number of carbonyl (C=O) groups excluding carboxylic acids is 2. The normalized spacial score (nSPS) is 10.1. The van der Waals surface area contributed by atoms with E-state index in [9.17, 15) is 9.59 Å².